The highest BCUT2D eigenvalue weighted by atomic mass is 14.9. The van der Waals surface area contributed by atoms with E-state index < -0.39 is 0 Å². The topological polar surface area (TPSA) is 28.7 Å². The molecule has 1 heterocycles. The maximum Gasteiger partial charge on any atom is 0.112 e. The molecule has 1 N–H and O–H groups in total. The molecule has 16 heavy (non-hydrogen) atoms. The number of imidazole rings is 1. The van der Waals surface area contributed by atoms with Gasteiger partial charge in [-0.1, -0.05) is 20.8 Å². The Hall–Kier alpha value is -1.31. The predicted octanol–water partition coefficient (Wildman–Crippen LogP) is 3.87. The fourth-order valence-corrected chi connectivity index (χ4v) is 1.76. The number of nitrogens with one attached hydrogen (secondary N) is 1. The SMILES string of the molecule is CCC(C)(C)c1nc2cc(C)c(C)cc2[nH]1. The van der Waals surface area contributed by atoms with Crippen LogP contribution in [0.25, 0.3) is 11.0 Å². The zero-order chi connectivity index (χ0) is 11.9. The van der Waals surface area contributed by atoms with Gasteiger partial charge in [-0.2, -0.15) is 0 Å². The van der Waals surface area contributed by atoms with Crippen LogP contribution in [0.1, 0.15) is 44.1 Å². The van der Waals surface area contributed by atoms with Gasteiger partial charge in [-0.25, -0.2) is 4.98 Å². The maximum atomic E-state index is 4.70. The molecule has 0 amide bonds. The van der Waals surface area contributed by atoms with Crippen LogP contribution in [-0.2, 0) is 5.41 Å². The highest BCUT2D eigenvalue weighted by Gasteiger charge is 2.22. The third-order valence-electron chi connectivity index (χ3n) is 3.62. The minimum atomic E-state index is 0.126. The molecule has 2 aromatic rings. The van der Waals surface area contributed by atoms with Crippen LogP contribution in [0, 0.1) is 13.8 Å². The number of aromatic amines is 1. The Bertz CT molecular complexity index is 482. The molecule has 0 fully saturated rings. The summed E-state index contributed by atoms with van der Waals surface area (Å²) in [6.45, 7) is 10.9. The van der Waals surface area contributed by atoms with Crippen molar-refractivity contribution < 1.29 is 0 Å². The Labute approximate surface area is 97.1 Å². The summed E-state index contributed by atoms with van der Waals surface area (Å²) in [4.78, 5) is 8.15. The van der Waals surface area contributed by atoms with Gasteiger partial charge in [0, 0.05) is 5.41 Å². The minimum absolute atomic E-state index is 0.126. The molecule has 0 spiro atoms. The number of fused-ring (bicyclic) bond motifs is 1. The van der Waals surface area contributed by atoms with Crippen molar-refractivity contribution in [3.05, 3.63) is 29.1 Å². The second-order valence-electron chi connectivity index (χ2n) is 5.28. The molecule has 1 aromatic carbocycles. The highest BCUT2D eigenvalue weighted by Crippen LogP contribution is 2.27. The molecule has 0 saturated carbocycles. The van der Waals surface area contributed by atoms with Gasteiger partial charge in [0.15, 0.2) is 0 Å². The Morgan fingerprint density at radius 3 is 2.44 bits per heavy atom. The van der Waals surface area contributed by atoms with Gasteiger partial charge in [0.2, 0.25) is 0 Å². The smallest absolute Gasteiger partial charge is 0.112 e. The normalized spacial score (nSPS) is 12.3. The fourth-order valence-electron chi connectivity index (χ4n) is 1.76. The molecule has 2 rings (SSSR count). The van der Waals surface area contributed by atoms with Crippen molar-refractivity contribution in [3.63, 3.8) is 0 Å². The van der Waals surface area contributed by atoms with Crippen LogP contribution >= 0.6 is 0 Å². The van der Waals surface area contributed by atoms with Crippen molar-refractivity contribution in [1.82, 2.24) is 9.97 Å². The van der Waals surface area contributed by atoms with Crippen molar-refractivity contribution in [3.8, 4) is 0 Å². The van der Waals surface area contributed by atoms with E-state index in [0.717, 1.165) is 23.3 Å². The van der Waals surface area contributed by atoms with Crippen molar-refractivity contribution in [2.24, 2.45) is 0 Å². The van der Waals surface area contributed by atoms with Crippen molar-refractivity contribution >= 4 is 11.0 Å². The minimum Gasteiger partial charge on any atom is -0.342 e. The van der Waals surface area contributed by atoms with Gasteiger partial charge < -0.3 is 4.98 Å². The van der Waals surface area contributed by atoms with E-state index in [0.29, 0.717) is 0 Å². The molecule has 1 aromatic heterocycles. The average Bonchev–Trinajstić information content (AvgIpc) is 2.62. The number of aryl methyl sites for hydroxylation is 2. The molecule has 0 unspecified atom stereocenters. The van der Waals surface area contributed by atoms with E-state index in [1.54, 1.807) is 0 Å². The summed E-state index contributed by atoms with van der Waals surface area (Å²) in [5.74, 6) is 1.09. The summed E-state index contributed by atoms with van der Waals surface area (Å²) >= 11 is 0. The third-order valence-corrected chi connectivity index (χ3v) is 3.62. The van der Waals surface area contributed by atoms with Crippen LogP contribution in [0.4, 0.5) is 0 Å². The van der Waals surface area contributed by atoms with E-state index in [1.165, 1.54) is 11.1 Å². The maximum absolute atomic E-state index is 4.70. The third kappa shape index (κ3) is 1.73. The summed E-state index contributed by atoms with van der Waals surface area (Å²) in [7, 11) is 0. The van der Waals surface area contributed by atoms with Crippen LogP contribution < -0.4 is 0 Å². The molecular weight excluding hydrogens is 196 g/mol. The number of hydrogen-bond donors (Lipinski definition) is 1. The van der Waals surface area contributed by atoms with Crippen molar-refractivity contribution in [1.29, 1.82) is 0 Å². The quantitative estimate of drug-likeness (QED) is 0.811. The molecule has 0 aliphatic carbocycles. The van der Waals surface area contributed by atoms with Gasteiger partial charge in [0.1, 0.15) is 5.82 Å². The van der Waals surface area contributed by atoms with Crippen LogP contribution in [0.5, 0.6) is 0 Å². The van der Waals surface area contributed by atoms with E-state index in [2.05, 4.69) is 51.7 Å². The molecule has 0 aliphatic rings. The first-order chi connectivity index (χ1) is 7.44. The zero-order valence-electron chi connectivity index (χ0n) is 10.8. The number of hydrogen-bond acceptors (Lipinski definition) is 1. The number of benzene rings is 1. The van der Waals surface area contributed by atoms with Crippen LogP contribution in [0.2, 0.25) is 0 Å². The number of H-pyrrole nitrogens is 1. The van der Waals surface area contributed by atoms with Crippen LogP contribution in [-0.4, -0.2) is 9.97 Å². The summed E-state index contributed by atoms with van der Waals surface area (Å²) in [5, 5.41) is 0. The number of aromatic nitrogens is 2. The van der Waals surface area contributed by atoms with Crippen molar-refractivity contribution in [2.45, 2.75) is 46.5 Å². The predicted molar refractivity (Wildman–Crippen MR) is 68.9 cm³/mol. The van der Waals surface area contributed by atoms with Crippen molar-refractivity contribution in [2.75, 3.05) is 0 Å². The molecule has 2 nitrogen and oxygen atoms in total. The van der Waals surface area contributed by atoms with Crippen LogP contribution in [0.3, 0.4) is 0 Å². The number of rotatable bonds is 2. The summed E-state index contributed by atoms with van der Waals surface area (Å²) in [6, 6.07) is 4.35. The Morgan fingerprint density at radius 1 is 1.19 bits per heavy atom. The van der Waals surface area contributed by atoms with Crippen LogP contribution in [0.15, 0.2) is 12.1 Å². The molecule has 2 heteroatoms. The Balaban J connectivity index is 2.61. The van der Waals surface area contributed by atoms with Gasteiger partial charge in [-0.3, -0.25) is 0 Å². The van der Waals surface area contributed by atoms with Gasteiger partial charge in [-0.05, 0) is 43.5 Å². The molecule has 86 valence electrons. The molecule has 0 bridgehead atoms. The van der Waals surface area contributed by atoms with E-state index in [4.69, 9.17) is 4.98 Å². The lowest BCUT2D eigenvalue weighted by molar-refractivity contribution is 0.479. The molecule has 0 radical (unpaired) electrons. The van der Waals surface area contributed by atoms with E-state index in [9.17, 15) is 0 Å². The molecular formula is C14H20N2. The standard InChI is InChI=1S/C14H20N2/c1-6-14(4,5)13-15-11-7-9(2)10(3)8-12(11)16-13/h7-8H,6H2,1-5H3,(H,15,16). The first-order valence-corrected chi connectivity index (χ1v) is 5.91. The fraction of sp³-hybridized carbons (Fsp3) is 0.500. The van der Waals surface area contributed by atoms with Gasteiger partial charge in [0.25, 0.3) is 0 Å². The largest absolute Gasteiger partial charge is 0.342 e. The first kappa shape index (κ1) is 11.2. The lowest BCUT2D eigenvalue weighted by atomic mass is 9.90. The molecule has 0 atom stereocenters. The monoisotopic (exact) mass is 216 g/mol. The average molecular weight is 216 g/mol. The molecule has 0 saturated heterocycles. The summed E-state index contributed by atoms with van der Waals surface area (Å²) in [5.41, 5.74) is 4.98. The van der Waals surface area contributed by atoms with Gasteiger partial charge in [0.05, 0.1) is 11.0 Å². The second kappa shape index (κ2) is 3.62. The lowest BCUT2D eigenvalue weighted by Crippen LogP contribution is -2.17. The summed E-state index contributed by atoms with van der Waals surface area (Å²) < 4.78 is 0. The zero-order valence-corrected chi connectivity index (χ0v) is 10.8. The van der Waals surface area contributed by atoms with Gasteiger partial charge in [-0.15, -0.1) is 0 Å². The summed E-state index contributed by atoms with van der Waals surface area (Å²) in [6.07, 6.45) is 1.09. The number of nitrogens with zero attached hydrogens (tertiary/aromatic N) is 1. The first-order valence-electron chi connectivity index (χ1n) is 5.91. The molecule has 0 aliphatic heterocycles. The van der Waals surface area contributed by atoms with Gasteiger partial charge >= 0.3 is 0 Å². The second-order valence-corrected chi connectivity index (χ2v) is 5.28. The Morgan fingerprint density at radius 2 is 1.81 bits per heavy atom. The highest BCUT2D eigenvalue weighted by molar-refractivity contribution is 5.77. The van der Waals surface area contributed by atoms with E-state index in [1.807, 2.05) is 0 Å². The van der Waals surface area contributed by atoms with E-state index in [-0.39, 0.29) is 5.41 Å². The lowest BCUT2D eigenvalue weighted by Gasteiger charge is -2.18. The Kier molecular flexibility index (Phi) is 2.53. The van der Waals surface area contributed by atoms with E-state index >= 15 is 0 Å².